The van der Waals surface area contributed by atoms with Crippen LogP contribution < -0.4 is 0 Å². The SMILES string of the molecule is CCCCCCCCCCc1ccc(CN2CCC(C(=O)O)C2)cc1. The lowest BCUT2D eigenvalue weighted by Gasteiger charge is -2.15. The summed E-state index contributed by atoms with van der Waals surface area (Å²) in [5.41, 5.74) is 2.73. The molecule has 0 amide bonds. The quantitative estimate of drug-likeness (QED) is 0.524. The molecule has 1 saturated heterocycles. The van der Waals surface area contributed by atoms with Gasteiger partial charge in [0.1, 0.15) is 0 Å². The van der Waals surface area contributed by atoms with Crippen LogP contribution in [0.25, 0.3) is 0 Å². The molecule has 0 radical (unpaired) electrons. The molecule has 0 saturated carbocycles. The molecule has 1 aromatic rings. The van der Waals surface area contributed by atoms with E-state index in [9.17, 15) is 4.79 Å². The first kappa shape index (κ1) is 20.0. The number of carbonyl (C=O) groups is 1. The molecule has 1 aliphatic heterocycles. The molecular weight excluding hydrogens is 310 g/mol. The van der Waals surface area contributed by atoms with E-state index in [1.165, 1.54) is 68.9 Å². The lowest BCUT2D eigenvalue weighted by Crippen LogP contribution is -2.22. The summed E-state index contributed by atoms with van der Waals surface area (Å²) in [6.07, 6.45) is 12.9. The minimum atomic E-state index is -0.650. The third kappa shape index (κ3) is 7.60. The van der Waals surface area contributed by atoms with Crippen molar-refractivity contribution in [2.24, 2.45) is 5.92 Å². The highest BCUT2D eigenvalue weighted by Crippen LogP contribution is 2.19. The molecule has 3 nitrogen and oxygen atoms in total. The third-order valence-electron chi connectivity index (χ3n) is 5.37. The van der Waals surface area contributed by atoms with E-state index in [1.54, 1.807) is 0 Å². The van der Waals surface area contributed by atoms with Crippen LogP contribution in [-0.2, 0) is 17.8 Å². The monoisotopic (exact) mass is 345 g/mol. The largest absolute Gasteiger partial charge is 0.481 e. The Hall–Kier alpha value is -1.35. The number of aryl methyl sites for hydroxylation is 1. The molecule has 1 unspecified atom stereocenters. The number of aliphatic carboxylic acids is 1. The van der Waals surface area contributed by atoms with Crippen molar-refractivity contribution in [2.45, 2.75) is 77.7 Å². The van der Waals surface area contributed by atoms with Crippen LogP contribution in [0.1, 0.15) is 75.8 Å². The van der Waals surface area contributed by atoms with Gasteiger partial charge in [-0.2, -0.15) is 0 Å². The van der Waals surface area contributed by atoms with Gasteiger partial charge in [0.15, 0.2) is 0 Å². The van der Waals surface area contributed by atoms with Crippen LogP contribution in [0.2, 0.25) is 0 Å². The van der Waals surface area contributed by atoms with E-state index in [0.717, 1.165) is 19.5 Å². The first-order valence-corrected chi connectivity index (χ1v) is 10.2. The molecule has 25 heavy (non-hydrogen) atoms. The topological polar surface area (TPSA) is 40.5 Å². The predicted molar refractivity (Wildman–Crippen MR) is 104 cm³/mol. The van der Waals surface area contributed by atoms with E-state index in [-0.39, 0.29) is 5.92 Å². The normalized spacial score (nSPS) is 17.9. The average molecular weight is 346 g/mol. The van der Waals surface area contributed by atoms with Crippen LogP contribution in [0.3, 0.4) is 0 Å². The van der Waals surface area contributed by atoms with Crippen molar-refractivity contribution in [2.75, 3.05) is 13.1 Å². The third-order valence-corrected chi connectivity index (χ3v) is 5.37. The molecule has 0 spiro atoms. The van der Waals surface area contributed by atoms with Crippen molar-refractivity contribution in [1.29, 1.82) is 0 Å². The Morgan fingerprint density at radius 1 is 1.00 bits per heavy atom. The number of likely N-dealkylation sites (tertiary alicyclic amines) is 1. The highest BCUT2D eigenvalue weighted by molar-refractivity contribution is 5.70. The summed E-state index contributed by atoms with van der Waals surface area (Å²) in [5.74, 6) is -0.829. The standard InChI is InChI=1S/C22H35NO2/c1-2-3-4-5-6-7-8-9-10-19-11-13-20(14-12-19)17-23-16-15-21(18-23)22(24)25/h11-14,21H,2-10,15-18H2,1H3,(H,24,25). The fourth-order valence-corrected chi connectivity index (χ4v) is 3.71. The van der Waals surface area contributed by atoms with Gasteiger partial charge in [-0.05, 0) is 36.9 Å². The Morgan fingerprint density at radius 3 is 2.20 bits per heavy atom. The second kappa shape index (κ2) is 11.3. The number of rotatable bonds is 12. The first-order chi connectivity index (χ1) is 12.2. The maximum atomic E-state index is 11.0. The van der Waals surface area contributed by atoms with Crippen molar-refractivity contribution in [1.82, 2.24) is 4.90 Å². The van der Waals surface area contributed by atoms with Crippen LogP contribution in [0.5, 0.6) is 0 Å². The molecule has 0 bridgehead atoms. The summed E-state index contributed by atoms with van der Waals surface area (Å²) < 4.78 is 0. The highest BCUT2D eigenvalue weighted by atomic mass is 16.4. The van der Waals surface area contributed by atoms with Crippen molar-refractivity contribution < 1.29 is 9.90 Å². The van der Waals surface area contributed by atoms with Crippen molar-refractivity contribution in [3.05, 3.63) is 35.4 Å². The molecule has 1 fully saturated rings. The van der Waals surface area contributed by atoms with Gasteiger partial charge in [0.05, 0.1) is 5.92 Å². The van der Waals surface area contributed by atoms with Gasteiger partial charge in [-0.25, -0.2) is 0 Å². The molecule has 1 aliphatic rings. The maximum absolute atomic E-state index is 11.0. The van der Waals surface area contributed by atoms with E-state index in [4.69, 9.17) is 5.11 Å². The average Bonchev–Trinajstić information content (AvgIpc) is 3.07. The minimum absolute atomic E-state index is 0.179. The second-order valence-corrected chi connectivity index (χ2v) is 7.60. The lowest BCUT2D eigenvalue weighted by molar-refractivity contribution is -0.141. The molecule has 1 aromatic carbocycles. The fourth-order valence-electron chi connectivity index (χ4n) is 3.71. The molecule has 0 aliphatic carbocycles. The van der Waals surface area contributed by atoms with Gasteiger partial charge in [-0.1, -0.05) is 76.1 Å². The van der Waals surface area contributed by atoms with Crippen LogP contribution in [0, 0.1) is 5.92 Å². The number of hydrogen-bond acceptors (Lipinski definition) is 2. The van der Waals surface area contributed by atoms with Crippen LogP contribution in [-0.4, -0.2) is 29.1 Å². The summed E-state index contributed by atoms with van der Waals surface area (Å²) in [7, 11) is 0. The number of carboxylic acids is 1. The molecule has 0 aromatic heterocycles. The molecule has 2 rings (SSSR count). The number of carboxylic acid groups (broad SMARTS) is 1. The van der Waals surface area contributed by atoms with Gasteiger partial charge in [-0.3, -0.25) is 9.69 Å². The Balaban J connectivity index is 1.59. The zero-order chi connectivity index (χ0) is 17.9. The first-order valence-electron chi connectivity index (χ1n) is 10.2. The highest BCUT2D eigenvalue weighted by Gasteiger charge is 2.27. The van der Waals surface area contributed by atoms with E-state index in [2.05, 4.69) is 36.1 Å². The van der Waals surface area contributed by atoms with Gasteiger partial charge in [-0.15, -0.1) is 0 Å². The maximum Gasteiger partial charge on any atom is 0.307 e. The Bertz CT molecular complexity index is 497. The molecule has 1 heterocycles. The fraction of sp³-hybridized carbons (Fsp3) is 0.682. The summed E-state index contributed by atoms with van der Waals surface area (Å²) in [5, 5.41) is 9.08. The van der Waals surface area contributed by atoms with E-state index >= 15 is 0 Å². The van der Waals surface area contributed by atoms with E-state index < -0.39 is 5.97 Å². The minimum Gasteiger partial charge on any atom is -0.481 e. The van der Waals surface area contributed by atoms with Gasteiger partial charge >= 0.3 is 5.97 Å². The van der Waals surface area contributed by atoms with Crippen molar-refractivity contribution >= 4 is 5.97 Å². The van der Waals surface area contributed by atoms with Gasteiger partial charge in [0.25, 0.3) is 0 Å². The summed E-state index contributed by atoms with van der Waals surface area (Å²) in [6.45, 7) is 4.73. The van der Waals surface area contributed by atoms with E-state index in [1.807, 2.05) is 0 Å². The summed E-state index contributed by atoms with van der Waals surface area (Å²) in [4.78, 5) is 13.3. The molecular formula is C22H35NO2. The lowest BCUT2D eigenvalue weighted by atomic mass is 10.0. The van der Waals surface area contributed by atoms with Crippen LogP contribution >= 0.6 is 0 Å². The van der Waals surface area contributed by atoms with Crippen LogP contribution in [0.4, 0.5) is 0 Å². The van der Waals surface area contributed by atoms with Crippen LogP contribution in [0.15, 0.2) is 24.3 Å². The molecule has 1 atom stereocenters. The second-order valence-electron chi connectivity index (χ2n) is 7.60. The van der Waals surface area contributed by atoms with Gasteiger partial charge < -0.3 is 5.11 Å². The number of unbranched alkanes of at least 4 members (excludes halogenated alkanes) is 7. The Morgan fingerprint density at radius 2 is 1.60 bits per heavy atom. The van der Waals surface area contributed by atoms with Crippen molar-refractivity contribution in [3.63, 3.8) is 0 Å². The summed E-state index contributed by atoms with van der Waals surface area (Å²) in [6, 6.07) is 8.94. The van der Waals surface area contributed by atoms with Gasteiger partial charge in [0, 0.05) is 13.1 Å². The zero-order valence-corrected chi connectivity index (χ0v) is 15.9. The number of benzene rings is 1. The summed E-state index contributed by atoms with van der Waals surface area (Å²) >= 11 is 0. The Kier molecular flexibility index (Phi) is 9.03. The van der Waals surface area contributed by atoms with E-state index in [0.29, 0.717) is 6.54 Å². The number of hydrogen-bond donors (Lipinski definition) is 1. The Labute approximate surface area is 153 Å². The molecule has 3 heteroatoms. The molecule has 140 valence electrons. The van der Waals surface area contributed by atoms with Crippen molar-refractivity contribution in [3.8, 4) is 0 Å². The molecule has 1 N–H and O–H groups in total. The van der Waals surface area contributed by atoms with Gasteiger partial charge in [0.2, 0.25) is 0 Å². The smallest absolute Gasteiger partial charge is 0.307 e. The zero-order valence-electron chi connectivity index (χ0n) is 15.9. The predicted octanol–water partition coefficient (Wildman–Crippen LogP) is 5.28. The number of nitrogens with zero attached hydrogens (tertiary/aromatic N) is 1.